The molecular weight excluding hydrogens is 214 g/mol. The summed E-state index contributed by atoms with van der Waals surface area (Å²) in [6.45, 7) is 0.859. The van der Waals surface area contributed by atoms with Gasteiger partial charge in [-0.1, -0.05) is 30.3 Å². The predicted octanol–water partition coefficient (Wildman–Crippen LogP) is 2.15. The lowest BCUT2D eigenvalue weighted by atomic mass is 10.1. The molecule has 0 bridgehead atoms. The molecule has 0 saturated heterocycles. The Balaban J connectivity index is 1.81. The molecule has 0 aliphatic heterocycles. The number of furan rings is 1. The maximum Gasteiger partial charge on any atom is 0.123 e. The summed E-state index contributed by atoms with van der Waals surface area (Å²) in [6.07, 6.45) is 2.56. The molecule has 0 saturated carbocycles. The molecule has 0 aliphatic rings. The van der Waals surface area contributed by atoms with Gasteiger partial charge in [0.25, 0.3) is 0 Å². The van der Waals surface area contributed by atoms with Crippen LogP contribution in [-0.4, -0.2) is 18.3 Å². The lowest BCUT2D eigenvalue weighted by Gasteiger charge is -2.13. The lowest BCUT2D eigenvalue weighted by Crippen LogP contribution is -2.26. The molecular formula is C14H17NO2. The van der Waals surface area contributed by atoms with Gasteiger partial charge in [0, 0.05) is 0 Å². The first-order chi connectivity index (χ1) is 8.40. The van der Waals surface area contributed by atoms with Crippen LogP contribution in [0.2, 0.25) is 0 Å². The smallest absolute Gasteiger partial charge is 0.123 e. The fraction of sp³-hybridized carbons (Fsp3) is 0.286. The number of hydrogen-bond donors (Lipinski definition) is 2. The summed E-state index contributed by atoms with van der Waals surface area (Å²) in [5, 5.41) is 12.5. The minimum absolute atomic E-state index is 0.0440. The maximum absolute atomic E-state index is 9.27. The van der Waals surface area contributed by atoms with Crippen molar-refractivity contribution in [3.05, 3.63) is 60.1 Å². The van der Waals surface area contributed by atoms with Crippen molar-refractivity contribution in [3.63, 3.8) is 0 Å². The first-order valence-corrected chi connectivity index (χ1v) is 5.81. The van der Waals surface area contributed by atoms with Crippen LogP contribution >= 0.6 is 0 Å². The van der Waals surface area contributed by atoms with Crippen LogP contribution in [0, 0.1) is 0 Å². The molecule has 1 heterocycles. The Hall–Kier alpha value is -1.58. The van der Waals surface area contributed by atoms with Crippen LogP contribution in [0.15, 0.2) is 53.1 Å². The van der Waals surface area contributed by atoms with Crippen LogP contribution in [0.5, 0.6) is 0 Å². The summed E-state index contributed by atoms with van der Waals surface area (Å²) in [6, 6.07) is 13.9. The number of benzene rings is 1. The van der Waals surface area contributed by atoms with Gasteiger partial charge in [0.1, 0.15) is 5.76 Å². The number of rotatable bonds is 6. The van der Waals surface area contributed by atoms with E-state index in [2.05, 4.69) is 17.4 Å². The van der Waals surface area contributed by atoms with Crippen molar-refractivity contribution in [3.8, 4) is 0 Å². The van der Waals surface area contributed by atoms with E-state index in [0.717, 1.165) is 18.7 Å². The van der Waals surface area contributed by atoms with Crippen molar-refractivity contribution in [1.82, 2.24) is 5.32 Å². The molecule has 2 aromatic rings. The number of nitrogens with one attached hydrogen (secondary N) is 1. The molecule has 1 atom stereocenters. The van der Waals surface area contributed by atoms with Crippen molar-refractivity contribution in [2.24, 2.45) is 0 Å². The van der Waals surface area contributed by atoms with Crippen molar-refractivity contribution >= 4 is 0 Å². The molecule has 0 spiro atoms. The second-order valence-corrected chi connectivity index (χ2v) is 3.94. The van der Waals surface area contributed by atoms with E-state index in [1.807, 2.05) is 30.3 Å². The zero-order valence-electron chi connectivity index (χ0n) is 9.67. The zero-order chi connectivity index (χ0) is 11.9. The molecule has 0 unspecified atom stereocenters. The first kappa shape index (κ1) is 11.9. The highest BCUT2D eigenvalue weighted by Gasteiger charge is 2.11. The third-order valence-electron chi connectivity index (χ3n) is 2.72. The monoisotopic (exact) mass is 231 g/mol. The molecule has 3 nitrogen and oxygen atoms in total. The zero-order valence-corrected chi connectivity index (χ0v) is 9.67. The quantitative estimate of drug-likeness (QED) is 0.800. The summed E-state index contributed by atoms with van der Waals surface area (Å²) in [5.41, 5.74) is 1.29. The van der Waals surface area contributed by atoms with E-state index in [1.165, 1.54) is 5.56 Å². The SMILES string of the molecule is OC[C@H](NCCc1ccccc1)c1ccco1. The molecule has 2 N–H and O–H groups in total. The Morgan fingerprint density at radius 3 is 2.59 bits per heavy atom. The highest BCUT2D eigenvalue weighted by atomic mass is 16.3. The van der Waals surface area contributed by atoms with Gasteiger partial charge in [-0.15, -0.1) is 0 Å². The van der Waals surface area contributed by atoms with Crippen LogP contribution in [-0.2, 0) is 6.42 Å². The summed E-state index contributed by atoms with van der Waals surface area (Å²) < 4.78 is 5.27. The standard InChI is InChI=1S/C14H17NO2/c16-11-13(14-7-4-10-17-14)15-9-8-12-5-2-1-3-6-12/h1-7,10,13,15-16H,8-9,11H2/t13-/m0/s1. The average Bonchev–Trinajstić information content (AvgIpc) is 2.90. The summed E-state index contributed by atoms with van der Waals surface area (Å²) in [4.78, 5) is 0. The maximum atomic E-state index is 9.27. The average molecular weight is 231 g/mol. The van der Waals surface area contributed by atoms with Gasteiger partial charge >= 0.3 is 0 Å². The van der Waals surface area contributed by atoms with Crippen LogP contribution in [0.25, 0.3) is 0 Å². The highest BCUT2D eigenvalue weighted by molar-refractivity contribution is 5.15. The lowest BCUT2D eigenvalue weighted by molar-refractivity contribution is 0.227. The van der Waals surface area contributed by atoms with Crippen LogP contribution in [0.3, 0.4) is 0 Å². The third-order valence-corrected chi connectivity index (χ3v) is 2.72. The van der Waals surface area contributed by atoms with Gasteiger partial charge in [-0.3, -0.25) is 0 Å². The highest BCUT2D eigenvalue weighted by Crippen LogP contribution is 2.12. The van der Waals surface area contributed by atoms with Crippen molar-refractivity contribution in [1.29, 1.82) is 0 Å². The van der Waals surface area contributed by atoms with E-state index in [0.29, 0.717) is 0 Å². The Morgan fingerprint density at radius 1 is 1.12 bits per heavy atom. The summed E-state index contributed by atoms with van der Waals surface area (Å²) >= 11 is 0. The van der Waals surface area contributed by atoms with Crippen molar-refractivity contribution in [2.75, 3.05) is 13.2 Å². The van der Waals surface area contributed by atoms with Crippen molar-refractivity contribution in [2.45, 2.75) is 12.5 Å². The van der Waals surface area contributed by atoms with Gasteiger partial charge in [-0.05, 0) is 30.7 Å². The van der Waals surface area contributed by atoms with Gasteiger partial charge in [-0.2, -0.15) is 0 Å². The van der Waals surface area contributed by atoms with E-state index in [-0.39, 0.29) is 12.6 Å². The topological polar surface area (TPSA) is 45.4 Å². The molecule has 1 aromatic carbocycles. The van der Waals surface area contributed by atoms with Crippen LogP contribution in [0.4, 0.5) is 0 Å². The van der Waals surface area contributed by atoms with Crippen LogP contribution < -0.4 is 5.32 Å². The van der Waals surface area contributed by atoms with Crippen LogP contribution in [0.1, 0.15) is 17.4 Å². The van der Waals surface area contributed by atoms with Gasteiger partial charge < -0.3 is 14.8 Å². The molecule has 0 amide bonds. The predicted molar refractivity (Wildman–Crippen MR) is 66.7 cm³/mol. The molecule has 90 valence electrons. The van der Waals surface area contributed by atoms with Crippen molar-refractivity contribution < 1.29 is 9.52 Å². The van der Waals surface area contributed by atoms with E-state index < -0.39 is 0 Å². The van der Waals surface area contributed by atoms with E-state index in [1.54, 1.807) is 6.26 Å². The number of hydrogen-bond acceptors (Lipinski definition) is 3. The fourth-order valence-electron chi connectivity index (χ4n) is 1.78. The van der Waals surface area contributed by atoms with Gasteiger partial charge in [0.15, 0.2) is 0 Å². The normalized spacial score (nSPS) is 12.5. The van der Waals surface area contributed by atoms with E-state index >= 15 is 0 Å². The fourth-order valence-corrected chi connectivity index (χ4v) is 1.78. The summed E-state index contributed by atoms with van der Waals surface area (Å²) in [5.74, 6) is 0.778. The molecule has 3 heteroatoms. The molecule has 17 heavy (non-hydrogen) atoms. The molecule has 0 fully saturated rings. The van der Waals surface area contributed by atoms with E-state index in [9.17, 15) is 5.11 Å². The minimum Gasteiger partial charge on any atom is -0.468 e. The second-order valence-electron chi connectivity index (χ2n) is 3.94. The van der Waals surface area contributed by atoms with Gasteiger partial charge in [0.2, 0.25) is 0 Å². The third kappa shape index (κ3) is 3.44. The Morgan fingerprint density at radius 2 is 1.94 bits per heavy atom. The van der Waals surface area contributed by atoms with Gasteiger partial charge in [-0.25, -0.2) is 0 Å². The van der Waals surface area contributed by atoms with E-state index in [4.69, 9.17) is 4.42 Å². The minimum atomic E-state index is -0.117. The first-order valence-electron chi connectivity index (χ1n) is 5.81. The van der Waals surface area contributed by atoms with Gasteiger partial charge in [0.05, 0.1) is 18.9 Å². The Bertz CT molecular complexity index is 411. The Labute approximate surface area is 101 Å². The summed E-state index contributed by atoms with van der Waals surface area (Å²) in [7, 11) is 0. The number of aliphatic hydroxyl groups is 1. The number of aliphatic hydroxyl groups excluding tert-OH is 1. The molecule has 0 aliphatic carbocycles. The second kappa shape index (κ2) is 6.23. The largest absolute Gasteiger partial charge is 0.468 e. The molecule has 2 rings (SSSR count). The molecule has 0 radical (unpaired) electrons. The molecule has 1 aromatic heterocycles. The Kier molecular flexibility index (Phi) is 4.36.